The van der Waals surface area contributed by atoms with Crippen molar-refractivity contribution in [1.82, 2.24) is 0 Å². The van der Waals surface area contributed by atoms with Crippen molar-refractivity contribution in [1.29, 1.82) is 0 Å². The maximum absolute atomic E-state index is 2.29. The van der Waals surface area contributed by atoms with Crippen molar-refractivity contribution in [2.24, 2.45) is 14.1 Å². The van der Waals surface area contributed by atoms with Crippen LogP contribution in [0.4, 0.5) is 0 Å². The quantitative estimate of drug-likeness (QED) is 0.165. The predicted octanol–water partition coefficient (Wildman–Crippen LogP) is 8.29. The number of rotatable bonds is 4. The highest BCUT2D eigenvalue weighted by atomic mass is 14.9. The number of fused-ring (bicyclic) bond motifs is 6. The summed E-state index contributed by atoms with van der Waals surface area (Å²) in [6.07, 6.45) is 8.89. The Morgan fingerprint density at radius 3 is 1.07 bits per heavy atom. The second-order valence-corrected chi connectivity index (χ2v) is 10.3. The van der Waals surface area contributed by atoms with Gasteiger partial charge in [0.1, 0.15) is 14.1 Å². The van der Waals surface area contributed by atoms with E-state index in [9.17, 15) is 0 Å². The number of pyridine rings is 2. The van der Waals surface area contributed by atoms with Crippen molar-refractivity contribution in [2.75, 3.05) is 0 Å². The molecule has 0 radical (unpaired) electrons. The zero-order valence-electron chi connectivity index (χ0n) is 22.8. The molecule has 0 N–H and O–H groups in total. The number of benzene rings is 5. The number of aryl methyl sites for hydroxylation is 2. The van der Waals surface area contributed by atoms with Crippen LogP contribution in [0.25, 0.3) is 67.7 Å². The second kappa shape index (κ2) is 9.91. The third-order valence-electron chi connectivity index (χ3n) is 8.04. The van der Waals surface area contributed by atoms with Gasteiger partial charge in [-0.15, -0.1) is 0 Å². The molecule has 0 aliphatic rings. The van der Waals surface area contributed by atoms with E-state index in [2.05, 4.69) is 169 Å². The van der Waals surface area contributed by atoms with Gasteiger partial charge in [0.15, 0.2) is 0 Å². The zero-order valence-corrected chi connectivity index (χ0v) is 22.8. The van der Waals surface area contributed by atoms with Crippen LogP contribution < -0.4 is 9.13 Å². The molecule has 2 nitrogen and oxygen atoms in total. The zero-order chi connectivity index (χ0) is 27.1. The molecule has 0 saturated heterocycles. The van der Waals surface area contributed by atoms with Crippen molar-refractivity contribution in [2.45, 2.75) is 0 Å². The smallest absolute Gasteiger partial charge is 0.194 e. The Labute approximate surface area is 234 Å². The molecular formula is C38H30N2+2. The van der Waals surface area contributed by atoms with Crippen LogP contribution in [0.2, 0.25) is 0 Å². The molecule has 0 bridgehead atoms. The first kappa shape index (κ1) is 24.0. The SMILES string of the molecule is C[n+]1c(/C=C/c2ccc(/C=C/c3c4ccccc4c4ccccc4[n+]3C)cc2)c2ccccc2c2ccccc21. The van der Waals surface area contributed by atoms with Gasteiger partial charge in [0.25, 0.3) is 0 Å². The molecule has 7 rings (SSSR count). The van der Waals surface area contributed by atoms with Gasteiger partial charge in [-0.05, 0) is 47.5 Å². The van der Waals surface area contributed by atoms with Crippen LogP contribution in [0.5, 0.6) is 0 Å². The average Bonchev–Trinajstić information content (AvgIpc) is 3.02. The van der Waals surface area contributed by atoms with E-state index in [0.29, 0.717) is 0 Å². The summed E-state index contributed by atoms with van der Waals surface area (Å²) in [7, 11) is 4.30. The molecule has 2 heterocycles. The molecule has 2 heteroatoms. The molecule has 0 saturated carbocycles. The van der Waals surface area contributed by atoms with Gasteiger partial charge in [-0.1, -0.05) is 84.9 Å². The molecule has 0 unspecified atom stereocenters. The van der Waals surface area contributed by atoms with E-state index in [1.165, 1.54) is 65.9 Å². The van der Waals surface area contributed by atoms with E-state index in [0.717, 1.165) is 0 Å². The number of nitrogens with zero attached hydrogens (tertiary/aromatic N) is 2. The van der Waals surface area contributed by atoms with Gasteiger partial charge in [-0.3, -0.25) is 0 Å². The molecule has 0 aliphatic heterocycles. The van der Waals surface area contributed by atoms with Gasteiger partial charge in [0.05, 0.1) is 21.5 Å². The molecule has 0 spiro atoms. The Bertz CT molecular complexity index is 1960. The van der Waals surface area contributed by atoms with Gasteiger partial charge in [0, 0.05) is 35.1 Å². The first-order valence-electron chi connectivity index (χ1n) is 13.7. The predicted molar refractivity (Wildman–Crippen MR) is 170 cm³/mol. The fourth-order valence-electron chi connectivity index (χ4n) is 5.96. The van der Waals surface area contributed by atoms with Crippen LogP contribution in [-0.4, -0.2) is 0 Å². The van der Waals surface area contributed by atoms with Crippen LogP contribution >= 0.6 is 0 Å². The minimum atomic E-state index is 1.18. The summed E-state index contributed by atoms with van der Waals surface area (Å²) in [5.74, 6) is 0. The number of hydrogen-bond acceptors (Lipinski definition) is 0. The lowest BCUT2D eigenvalue weighted by Gasteiger charge is -2.07. The van der Waals surface area contributed by atoms with Crippen LogP contribution in [0.15, 0.2) is 121 Å². The molecule has 190 valence electrons. The van der Waals surface area contributed by atoms with Gasteiger partial charge >= 0.3 is 0 Å². The molecule has 40 heavy (non-hydrogen) atoms. The van der Waals surface area contributed by atoms with E-state index in [1.54, 1.807) is 0 Å². The highest BCUT2D eigenvalue weighted by Gasteiger charge is 2.17. The van der Waals surface area contributed by atoms with Gasteiger partial charge in [-0.25, -0.2) is 0 Å². The van der Waals surface area contributed by atoms with E-state index < -0.39 is 0 Å². The lowest BCUT2D eigenvalue weighted by Crippen LogP contribution is -2.33. The monoisotopic (exact) mass is 514 g/mol. The first-order valence-corrected chi connectivity index (χ1v) is 13.7. The van der Waals surface area contributed by atoms with Crippen LogP contribution in [0.3, 0.4) is 0 Å². The Hall–Kier alpha value is -5.08. The summed E-state index contributed by atoms with van der Waals surface area (Å²) in [5, 5.41) is 7.64. The lowest BCUT2D eigenvalue weighted by atomic mass is 10.0. The van der Waals surface area contributed by atoms with E-state index in [1.807, 2.05) is 0 Å². The standard InChI is InChI=1S/C38H30N2/c1-39-35-17-9-7-15-31(35)29-11-3-5-13-33(29)37(39)25-23-27-19-21-28(22-20-27)24-26-38-34-14-6-4-12-30(34)32-16-8-10-18-36(32)40(38)2/h3-26H,1-2H3/q+2/b25-23+,26-24+. The summed E-state index contributed by atoms with van der Waals surface area (Å²) in [5.41, 5.74) is 7.22. The molecule has 0 atom stereocenters. The molecular weight excluding hydrogens is 484 g/mol. The third-order valence-corrected chi connectivity index (χ3v) is 8.04. The Balaban J connectivity index is 1.23. The minimum Gasteiger partial charge on any atom is -0.194 e. The van der Waals surface area contributed by atoms with Gasteiger partial charge in [-0.2, -0.15) is 9.13 Å². The summed E-state index contributed by atoms with van der Waals surface area (Å²) >= 11 is 0. The van der Waals surface area contributed by atoms with Crippen molar-refractivity contribution in [3.05, 3.63) is 144 Å². The summed E-state index contributed by atoms with van der Waals surface area (Å²) in [6.45, 7) is 0. The second-order valence-electron chi connectivity index (χ2n) is 10.3. The highest BCUT2D eigenvalue weighted by molar-refractivity contribution is 6.08. The van der Waals surface area contributed by atoms with Crippen LogP contribution in [-0.2, 0) is 14.1 Å². The molecule has 7 aromatic rings. The Kier molecular flexibility index (Phi) is 5.94. The van der Waals surface area contributed by atoms with E-state index >= 15 is 0 Å². The van der Waals surface area contributed by atoms with Gasteiger partial charge in [0.2, 0.25) is 22.4 Å². The number of para-hydroxylation sites is 2. The van der Waals surface area contributed by atoms with E-state index in [4.69, 9.17) is 0 Å². The summed E-state index contributed by atoms with van der Waals surface area (Å²) in [4.78, 5) is 0. The summed E-state index contributed by atoms with van der Waals surface area (Å²) < 4.78 is 4.58. The van der Waals surface area contributed by atoms with E-state index in [-0.39, 0.29) is 0 Å². The number of hydrogen-bond donors (Lipinski definition) is 0. The Morgan fingerprint density at radius 2 is 0.675 bits per heavy atom. The fraction of sp³-hybridized carbons (Fsp3) is 0.0526. The minimum absolute atomic E-state index is 1.18. The largest absolute Gasteiger partial charge is 0.213 e. The van der Waals surface area contributed by atoms with Crippen molar-refractivity contribution < 1.29 is 9.13 Å². The highest BCUT2D eigenvalue weighted by Crippen LogP contribution is 2.27. The fourth-order valence-corrected chi connectivity index (χ4v) is 5.96. The number of aromatic nitrogens is 2. The third kappa shape index (κ3) is 4.06. The molecule has 2 aromatic heterocycles. The lowest BCUT2D eigenvalue weighted by molar-refractivity contribution is -0.645. The topological polar surface area (TPSA) is 7.76 Å². The summed E-state index contributed by atoms with van der Waals surface area (Å²) in [6, 6.07) is 43.4. The maximum Gasteiger partial charge on any atom is 0.213 e. The van der Waals surface area contributed by atoms with Crippen LogP contribution in [0.1, 0.15) is 22.5 Å². The average molecular weight is 515 g/mol. The van der Waals surface area contributed by atoms with Crippen molar-refractivity contribution in [3.8, 4) is 0 Å². The Morgan fingerprint density at radius 1 is 0.350 bits per heavy atom. The molecule has 0 aliphatic carbocycles. The molecule has 0 amide bonds. The molecule has 0 fully saturated rings. The van der Waals surface area contributed by atoms with Crippen molar-refractivity contribution >= 4 is 67.7 Å². The molecule has 5 aromatic carbocycles. The van der Waals surface area contributed by atoms with Gasteiger partial charge < -0.3 is 0 Å². The van der Waals surface area contributed by atoms with Crippen molar-refractivity contribution in [3.63, 3.8) is 0 Å². The maximum atomic E-state index is 2.29. The first-order chi connectivity index (χ1) is 19.7. The van der Waals surface area contributed by atoms with Crippen LogP contribution in [0, 0.1) is 0 Å². The normalized spacial score (nSPS) is 12.1.